The van der Waals surface area contributed by atoms with Gasteiger partial charge in [-0.15, -0.1) is 0 Å². The maximum Gasteiger partial charge on any atom is 0.490 e. The first-order chi connectivity index (χ1) is 4.94. The van der Waals surface area contributed by atoms with E-state index in [0.29, 0.717) is 0 Å². The van der Waals surface area contributed by atoms with Crippen molar-refractivity contribution in [1.82, 2.24) is 0 Å². The summed E-state index contributed by atoms with van der Waals surface area (Å²) in [5.41, 5.74) is 0. The lowest BCUT2D eigenvalue weighted by Gasteiger charge is -1.93. The van der Waals surface area contributed by atoms with E-state index in [2.05, 4.69) is 0 Å². The molecular weight excluding hydrogens is 201 g/mol. The predicted octanol–water partition coefficient (Wildman–Crippen LogP) is 0.294. The van der Waals surface area contributed by atoms with Crippen LogP contribution in [0.3, 0.4) is 0 Å². The van der Waals surface area contributed by atoms with Crippen LogP contribution < -0.4 is 0 Å². The Hall–Kier alpha value is -0.790. The van der Waals surface area contributed by atoms with Crippen LogP contribution in [0.1, 0.15) is 0 Å². The van der Waals surface area contributed by atoms with E-state index in [-0.39, 0.29) is 0 Å². The molecule has 0 amide bonds. The first-order valence-electron chi connectivity index (χ1n) is 2.39. The number of hydrogen-bond donors (Lipinski definition) is 1. The minimum atomic E-state index is -5.08. The van der Waals surface area contributed by atoms with Crippen molar-refractivity contribution < 1.29 is 31.5 Å². The molecule has 0 aromatic heterocycles. The van der Waals surface area contributed by atoms with Gasteiger partial charge in [0.1, 0.15) is 9.84 Å². The van der Waals surface area contributed by atoms with Gasteiger partial charge in [-0.2, -0.15) is 13.2 Å². The van der Waals surface area contributed by atoms with Crippen LogP contribution in [-0.4, -0.2) is 38.2 Å². The maximum absolute atomic E-state index is 10.6. The van der Waals surface area contributed by atoms with Crippen molar-refractivity contribution in [3.05, 3.63) is 0 Å². The van der Waals surface area contributed by atoms with Crippen molar-refractivity contribution in [2.24, 2.45) is 0 Å². The van der Waals surface area contributed by atoms with Gasteiger partial charge in [0.05, 0.1) is 0 Å². The van der Waals surface area contributed by atoms with Gasteiger partial charge in [-0.1, -0.05) is 0 Å². The summed E-state index contributed by atoms with van der Waals surface area (Å²) in [6, 6.07) is 0. The van der Waals surface area contributed by atoms with Gasteiger partial charge in [0.25, 0.3) is 0 Å². The molecule has 0 saturated carbocycles. The molecule has 0 radical (unpaired) electrons. The van der Waals surface area contributed by atoms with Crippen LogP contribution in [0.25, 0.3) is 0 Å². The number of carboxylic acids is 1. The highest BCUT2D eigenvalue weighted by Gasteiger charge is 2.38. The first-order valence-corrected chi connectivity index (χ1v) is 4.69. The van der Waals surface area contributed by atoms with Crippen LogP contribution in [0.5, 0.6) is 0 Å². The third kappa shape index (κ3) is 22.9. The topological polar surface area (TPSA) is 71.4 Å². The second-order valence-corrected chi connectivity index (χ2v) is 4.23. The van der Waals surface area contributed by atoms with Crippen LogP contribution in [0.4, 0.5) is 13.2 Å². The van der Waals surface area contributed by atoms with E-state index in [1.165, 1.54) is 0 Å². The summed E-state index contributed by atoms with van der Waals surface area (Å²) in [6.07, 6.45) is -2.76. The average Bonchev–Trinajstić information content (AvgIpc) is 1.55. The van der Waals surface area contributed by atoms with Gasteiger partial charge in [0.2, 0.25) is 0 Å². The summed E-state index contributed by atoms with van der Waals surface area (Å²) in [4.78, 5) is 8.90. The number of hydrogen-bond acceptors (Lipinski definition) is 3. The molecule has 0 fully saturated rings. The molecule has 0 aliphatic rings. The third-order valence-corrected chi connectivity index (χ3v) is 0.243. The van der Waals surface area contributed by atoms with Crippen LogP contribution in [0.2, 0.25) is 0 Å². The molecule has 0 bridgehead atoms. The first kappa shape index (κ1) is 13.8. The molecule has 0 aliphatic heterocycles. The molecule has 0 aromatic rings. The lowest BCUT2D eigenvalue weighted by Crippen LogP contribution is -2.21. The zero-order chi connectivity index (χ0) is 10.6. The molecule has 0 spiro atoms. The second kappa shape index (κ2) is 4.29. The number of halogens is 3. The number of sulfone groups is 1. The zero-order valence-electron chi connectivity index (χ0n) is 6.21. The highest BCUT2D eigenvalue weighted by molar-refractivity contribution is 7.89. The molecule has 0 atom stereocenters. The lowest BCUT2D eigenvalue weighted by atomic mass is 10.7. The van der Waals surface area contributed by atoms with E-state index < -0.39 is 22.0 Å². The predicted molar refractivity (Wildman–Crippen MR) is 34.5 cm³/mol. The highest BCUT2D eigenvalue weighted by Crippen LogP contribution is 2.13. The quantitative estimate of drug-likeness (QED) is 0.621. The molecule has 74 valence electrons. The Labute approximate surface area is 66.9 Å². The Morgan fingerprint density at radius 2 is 1.33 bits per heavy atom. The normalized spacial score (nSPS) is 11.4. The van der Waals surface area contributed by atoms with Gasteiger partial charge in [-0.3, -0.25) is 0 Å². The largest absolute Gasteiger partial charge is 0.490 e. The minimum Gasteiger partial charge on any atom is -0.475 e. The van der Waals surface area contributed by atoms with E-state index in [9.17, 15) is 21.6 Å². The van der Waals surface area contributed by atoms with Crippen LogP contribution in [-0.2, 0) is 14.6 Å². The molecule has 0 aliphatic carbocycles. The van der Waals surface area contributed by atoms with Crippen LogP contribution >= 0.6 is 0 Å². The maximum atomic E-state index is 10.6. The molecule has 1 N–H and O–H groups in total. The standard InChI is InChI=1S/C2HF3O2.C2H6O2S/c3-2(4,5)1(6)7;1-5(2,3)4/h(H,6,7);1-2H3. The minimum absolute atomic E-state index is 1.16. The van der Waals surface area contributed by atoms with Crippen molar-refractivity contribution in [1.29, 1.82) is 0 Å². The second-order valence-electron chi connectivity index (χ2n) is 1.95. The van der Waals surface area contributed by atoms with Crippen molar-refractivity contribution in [2.75, 3.05) is 12.5 Å². The third-order valence-electron chi connectivity index (χ3n) is 0.243. The molecule has 12 heavy (non-hydrogen) atoms. The summed E-state index contributed by atoms with van der Waals surface area (Å²) in [5.74, 6) is -2.76. The molecule has 4 nitrogen and oxygen atoms in total. The SMILES string of the molecule is CS(C)(=O)=O.O=C(O)C(F)(F)F. The fraction of sp³-hybridized carbons (Fsp3) is 0.750. The number of rotatable bonds is 0. The van der Waals surface area contributed by atoms with Crippen LogP contribution in [0.15, 0.2) is 0 Å². The number of carbonyl (C=O) groups is 1. The van der Waals surface area contributed by atoms with E-state index >= 15 is 0 Å². The zero-order valence-corrected chi connectivity index (χ0v) is 7.03. The average molecular weight is 208 g/mol. The summed E-state index contributed by atoms with van der Waals surface area (Å²) < 4.78 is 51.0. The Morgan fingerprint density at radius 3 is 1.33 bits per heavy atom. The summed E-state index contributed by atoms with van der Waals surface area (Å²) in [7, 11) is -2.67. The van der Waals surface area contributed by atoms with Gasteiger partial charge in [-0.25, -0.2) is 13.2 Å². The number of carboxylic acid groups (broad SMARTS) is 1. The van der Waals surface area contributed by atoms with Gasteiger partial charge < -0.3 is 5.11 Å². The van der Waals surface area contributed by atoms with E-state index in [4.69, 9.17) is 9.90 Å². The van der Waals surface area contributed by atoms with E-state index in [1.54, 1.807) is 0 Å². The molecule has 0 heterocycles. The fourth-order valence-electron chi connectivity index (χ4n) is 0. The molecular formula is C4H7F3O4S. The van der Waals surface area contributed by atoms with Crippen molar-refractivity contribution in [3.8, 4) is 0 Å². The van der Waals surface area contributed by atoms with E-state index in [1.807, 2.05) is 0 Å². The van der Waals surface area contributed by atoms with Crippen molar-refractivity contribution >= 4 is 15.8 Å². The van der Waals surface area contributed by atoms with Crippen molar-refractivity contribution in [3.63, 3.8) is 0 Å². The molecule has 0 aromatic carbocycles. The molecule has 0 rings (SSSR count). The molecule has 0 saturated heterocycles. The van der Waals surface area contributed by atoms with Gasteiger partial charge in [0, 0.05) is 12.5 Å². The fourth-order valence-corrected chi connectivity index (χ4v) is 0. The molecule has 8 heteroatoms. The summed E-state index contributed by atoms with van der Waals surface area (Å²) in [5, 5.41) is 7.12. The number of aliphatic carboxylic acids is 1. The summed E-state index contributed by atoms with van der Waals surface area (Å²) in [6.45, 7) is 0. The van der Waals surface area contributed by atoms with E-state index in [0.717, 1.165) is 12.5 Å². The Morgan fingerprint density at radius 1 is 1.25 bits per heavy atom. The van der Waals surface area contributed by atoms with Gasteiger partial charge in [0.15, 0.2) is 0 Å². The van der Waals surface area contributed by atoms with Gasteiger partial charge >= 0.3 is 12.1 Å². The lowest BCUT2D eigenvalue weighted by molar-refractivity contribution is -0.192. The van der Waals surface area contributed by atoms with Crippen molar-refractivity contribution in [2.45, 2.75) is 6.18 Å². The smallest absolute Gasteiger partial charge is 0.475 e. The van der Waals surface area contributed by atoms with Gasteiger partial charge in [-0.05, 0) is 0 Å². The monoisotopic (exact) mass is 208 g/mol. The Kier molecular flexibility index (Phi) is 4.92. The Bertz CT molecular complexity index is 232. The molecule has 0 unspecified atom stereocenters. The highest BCUT2D eigenvalue weighted by atomic mass is 32.2. The summed E-state index contributed by atoms with van der Waals surface area (Å²) >= 11 is 0. The Balaban J connectivity index is 0. The van der Waals surface area contributed by atoms with Crippen LogP contribution in [0, 0.1) is 0 Å². The number of alkyl halides is 3.